The molecule has 2 unspecified atom stereocenters. The molecule has 1 amide bonds. The summed E-state index contributed by atoms with van der Waals surface area (Å²) in [5.41, 5.74) is -3.04. The Bertz CT molecular complexity index is 1220. The van der Waals surface area contributed by atoms with Gasteiger partial charge in [-0.05, 0) is 37.3 Å². The van der Waals surface area contributed by atoms with Gasteiger partial charge in [0.2, 0.25) is 0 Å². The lowest BCUT2D eigenvalue weighted by molar-refractivity contribution is -0.274. The number of carboxylic acids is 1. The molecule has 0 saturated carbocycles. The van der Waals surface area contributed by atoms with E-state index in [-0.39, 0.29) is 5.56 Å². The molecule has 0 fully saturated rings. The van der Waals surface area contributed by atoms with Crippen molar-refractivity contribution in [2.24, 2.45) is 0 Å². The largest absolute Gasteiger partial charge is 0.573 e. The number of aliphatic hydroxyl groups is 1. The monoisotopic (exact) mass is 514 g/mol. The zero-order valence-electron chi connectivity index (χ0n) is 18.5. The third-order valence-corrected chi connectivity index (χ3v) is 5.33. The maximum atomic E-state index is 14.8. The Labute approximate surface area is 200 Å². The summed E-state index contributed by atoms with van der Waals surface area (Å²) in [5, 5.41) is 24.9. The van der Waals surface area contributed by atoms with E-state index in [1.54, 1.807) is 0 Å². The number of nitrogens with zero attached hydrogens (tertiary/aromatic N) is 4. The van der Waals surface area contributed by atoms with Gasteiger partial charge in [0, 0.05) is 17.2 Å². The Balaban J connectivity index is 2.03. The van der Waals surface area contributed by atoms with Crippen LogP contribution in [0.4, 0.5) is 22.0 Å². The second kappa shape index (κ2) is 10.3. The SMILES string of the molecule is CC(N(CC(=O)O)C(=O)c1ccc(OC(F)(F)F)cc1)C(O)(Cn1cncn1)c1ccc(F)cc1F. The summed E-state index contributed by atoms with van der Waals surface area (Å²) in [4.78, 5) is 29.2. The first-order valence-corrected chi connectivity index (χ1v) is 10.2. The number of aliphatic carboxylic acids is 1. The molecule has 3 aromatic rings. The van der Waals surface area contributed by atoms with Crippen molar-refractivity contribution in [1.82, 2.24) is 19.7 Å². The van der Waals surface area contributed by atoms with Gasteiger partial charge in [-0.25, -0.2) is 18.4 Å². The van der Waals surface area contributed by atoms with Gasteiger partial charge in [-0.3, -0.25) is 9.59 Å². The number of hydrogen-bond donors (Lipinski definition) is 2. The standard InChI is InChI=1S/C22H19F5N4O5/c1-13(21(35,10-30-12-28-11-29-30)17-7-4-15(23)8-18(17)24)31(9-19(32)33)20(34)14-2-5-16(6-3-14)36-22(25,26)27/h2-8,11-13,35H,9-10H2,1H3,(H,32,33). The minimum Gasteiger partial charge on any atom is -0.480 e. The van der Waals surface area contributed by atoms with Crippen LogP contribution < -0.4 is 4.74 Å². The van der Waals surface area contributed by atoms with Crippen molar-refractivity contribution in [3.63, 3.8) is 0 Å². The molecular formula is C22H19F5N4O5. The summed E-state index contributed by atoms with van der Waals surface area (Å²) < 4.78 is 70.5. The molecule has 2 aromatic carbocycles. The minimum absolute atomic E-state index is 0.236. The van der Waals surface area contributed by atoms with Gasteiger partial charge in [0.25, 0.3) is 5.91 Å². The molecule has 3 rings (SSSR count). The van der Waals surface area contributed by atoms with Crippen LogP contribution in [0.25, 0.3) is 0 Å². The molecule has 0 bridgehead atoms. The third-order valence-electron chi connectivity index (χ3n) is 5.33. The Morgan fingerprint density at radius 3 is 2.33 bits per heavy atom. The van der Waals surface area contributed by atoms with E-state index in [1.165, 1.54) is 13.3 Å². The lowest BCUT2D eigenvalue weighted by Crippen LogP contribution is -2.55. The highest BCUT2D eigenvalue weighted by Crippen LogP contribution is 2.33. The van der Waals surface area contributed by atoms with E-state index < -0.39 is 65.9 Å². The lowest BCUT2D eigenvalue weighted by atomic mass is 9.85. The van der Waals surface area contributed by atoms with Crippen molar-refractivity contribution in [2.45, 2.75) is 31.5 Å². The predicted octanol–water partition coefficient (Wildman–Crippen LogP) is 2.96. The molecule has 36 heavy (non-hydrogen) atoms. The number of hydrogen-bond acceptors (Lipinski definition) is 6. The number of aromatic nitrogens is 3. The predicted molar refractivity (Wildman–Crippen MR) is 112 cm³/mol. The van der Waals surface area contributed by atoms with Crippen molar-refractivity contribution >= 4 is 11.9 Å². The third kappa shape index (κ3) is 6.13. The van der Waals surface area contributed by atoms with Gasteiger partial charge < -0.3 is 19.8 Å². The molecule has 0 aliphatic rings. The second-order valence-electron chi connectivity index (χ2n) is 7.72. The van der Waals surface area contributed by atoms with Gasteiger partial charge in [-0.15, -0.1) is 13.2 Å². The van der Waals surface area contributed by atoms with Crippen molar-refractivity contribution in [2.75, 3.05) is 6.54 Å². The van der Waals surface area contributed by atoms with E-state index in [2.05, 4.69) is 14.8 Å². The number of alkyl halides is 3. The highest BCUT2D eigenvalue weighted by Gasteiger charge is 2.44. The van der Waals surface area contributed by atoms with Crippen LogP contribution in [0.2, 0.25) is 0 Å². The first kappa shape index (κ1) is 26.5. The van der Waals surface area contributed by atoms with Gasteiger partial charge in [0.15, 0.2) is 0 Å². The average molecular weight is 514 g/mol. The summed E-state index contributed by atoms with van der Waals surface area (Å²) in [7, 11) is 0. The van der Waals surface area contributed by atoms with Crippen molar-refractivity contribution in [3.05, 3.63) is 77.9 Å². The first-order chi connectivity index (χ1) is 16.8. The molecule has 2 atom stereocenters. The van der Waals surface area contributed by atoms with Gasteiger partial charge in [0.05, 0.1) is 12.6 Å². The number of carboxylic acid groups (broad SMARTS) is 1. The fourth-order valence-corrected chi connectivity index (χ4v) is 3.60. The minimum atomic E-state index is -4.97. The summed E-state index contributed by atoms with van der Waals surface area (Å²) >= 11 is 0. The van der Waals surface area contributed by atoms with Crippen LogP contribution in [0, 0.1) is 11.6 Å². The molecule has 9 nitrogen and oxygen atoms in total. The van der Waals surface area contributed by atoms with Crippen molar-refractivity contribution in [1.29, 1.82) is 0 Å². The average Bonchev–Trinajstić information content (AvgIpc) is 3.28. The van der Waals surface area contributed by atoms with Crippen molar-refractivity contribution in [3.8, 4) is 5.75 Å². The van der Waals surface area contributed by atoms with Crippen LogP contribution in [0.3, 0.4) is 0 Å². The fourth-order valence-electron chi connectivity index (χ4n) is 3.60. The number of amides is 1. The molecule has 0 saturated heterocycles. The molecule has 0 radical (unpaired) electrons. The van der Waals surface area contributed by atoms with E-state index in [4.69, 9.17) is 0 Å². The van der Waals surface area contributed by atoms with Gasteiger partial charge in [0.1, 0.15) is 42.2 Å². The number of carbonyl (C=O) groups excluding carboxylic acids is 1. The molecule has 1 heterocycles. The Hall–Kier alpha value is -4.07. The Morgan fingerprint density at radius 2 is 1.81 bits per heavy atom. The number of benzene rings is 2. The molecule has 0 aliphatic carbocycles. The molecular weight excluding hydrogens is 495 g/mol. The first-order valence-electron chi connectivity index (χ1n) is 10.2. The highest BCUT2D eigenvalue weighted by atomic mass is 19.4. The van der Waals surface area contributed by atoms with Crippen LogP contribution >= 0.6 is 0 Å². The maximum Gasteiger partial charge on any atom is 0.573 e. The number of ether oxygens (including phenoxy) is 1. The zero-order chi connectivity index (χ0) is 26.7. The van der Waals surface area contributed by atoms with Gasteiger partial charge >= 0.3 is 12.3 Å². The van der Waals surface area contributed by atoms with Crippen LogP contribution in [0.1, 0.15) is 22.8 Å². The number of carbonyl (C=O) groups is 2. The van der Waals surface area contributed by atoms with Crippen molar-refractivity contribution < 1.29 is 46.5 Å². The topological polar surface area (TPSA) is 118 Å². The highest BCUT2D eigenvalue weighted by molar-refractivity contribution is 5.96. The summed E-state index contributed by atoms with van der Waals surface area (Å²) in [5.74, 6) is -5.21. The summed E-state index contributed by atoms with van der Waals surface area (Å²) in [6.07, 6.45) is -2.66. The molecule has 1 aromatic heterocycles. The number of rotatable bonds is 9. The molecule has 0 aliphatic heterocycles. The van der Waals surface area contributed by atoms with Crippen LogP contribution in [0.15, 0.2) is 55.1 Å². The fraction of sp³-hybridized carbons (Fsp3) is 0.273. The summed E-state index contributed by atoms with van der Waals surface area (Å²) in [6, 6.07) is 4.51. The molecule has 2 N–H and O–H groups in total. The summed E-state index contributed by atoms with van der Waals surface area (Å²) in [6.45, 7) is -0.247. The van der Waals surface area contributed by atoms with Crippen LogP contribution in [0.5, 0.6) is 5.75 Å². The Kier molecular flexibility index (Phi) is 7.57. The van der Waals surface area contributed by atoms with Crippen LogP contribution in [-0.4, -0.2) is 60.7 Å². The Morgan fingerprint density at radius 1 is 1.14 bits per heavy atom. The quantitative estimate of drug-likeness (QED) is 0.422. The van der Waals surface area contributed by atoms with Gasteiger partial charge in [-0.2, -0.15) is 5.10 Å². The lowest BCUT2D eigenvalue weighted by Gasteiger charge is -2.40. The van der Waals surface area contributed by atoms with Crippen LogP contribution in [-0.2, 0) is 16.9 Å². The second-order valence-corrected chi connectivity index (χ2v) is 7.72. The molecule has 14 heteroatoms. The zero-order valence-corrected chi connectivity index (χ0v) is 18.5. The van der Waals surface area contributed by atoms with E-state index in [1.807, 2.05) is 0 Å². The maximum absolute atomic E-state index is 14.8. The van der Waals surface area contributed by atoms with Gasteiger partial charge in [-0.1, -0.05) is 6.07 Å². The van der Waals surface area contributed by atoms with E-state index in [0.29, 0.717) is 11.0 Å². The van der Waals surface area contributed by atoms with E-state index in [0.717, 1.165) is 47.4 Å². The molecule has 0 spiro atoms. The number of halogens is 5. The smallest absolute Gasteiger partial charge is 0.480 e. The van der Waals surface area contributed by atoms with E-state index in [9.17, 15) is 41.8 Å². The van der Waals surface area contributed by atoms with E-state index >= 15 is 0 Å². The molecule has 192 valence electrons. The normalized spacial score (nSPS) is 14.1.